The van der Waals surface area contributed by atoms with Crippen molar-refractivity contribution in [3.8, 4) is 5.75 Å². The van der Waals surface area contributed by atoms with Gasteiger partial charge in [-0.1, -0.05) is 48.9 Å². The van der Waals surface area contributed by atoms with Gasteiger partial charge >= 0.3 is 0 Å². The van der Waals surface area contributed by atoms with Crippen molar-refractivity contribution in [2.24, 2.45) is 5.41 Å². The van der Waals surface area contributed by atoms with E-state index in [-0.39, 0.29) is 16.9 Å². The fourth-order valence-corrected chi connectivity index (χ4v) is 4.99. The Morgan fingerprint density at radius 1 is 1.05 bits per heavy atom. The van der Waals surface area contributed by atoms with Crippen LogP contribution in [0.4, 0.5) is 0 Å². The fraction of sp³-hybridized carbons (Fsp3) is 0.625. The van der Waals surface area contributed by atoms with E-state index < -0.39 is 0 Å². The minimum absolute atomic E-state index is 0.126. The maximum Gasteiger partial charge on any atom is 0.139 e. The molecule has 1 spiro atoms. The summed E-state index contributed by atoms with van der Waals surface area (Å²) < 4.78 is 7.00. The topological polar surface area (TPSA) is 9.23 Å². The van der Waals surface area contributed by atoms with Gasteiger partial charge in [0.05, 0.1) is 10.0 Å². The van der Waals surface area contributed by atoms with E-state index in [1.54, 1.807) is 12.1 Å². The summed E-state index contributed by atoms with van der Waals surface area (Å²) in [4.78, 5) is 0. The van der Waals surface area contributed by atoms with Crippen LogP contribution in [0.5, 0.6) is 5.75 Å². The lowest BCUT2D eigenvalue weighted by Gasteiger charge is -2.53. The Morgan fingerprint density at radius 3 is 2.33 bits per heavy atom. The summed E-state index contributed by atoms with van der Waals surface area (Å²) in [7, 11) is 0. The molecular weight excluding hydrogens is 394 g/mol. The van der Waals surface area contributed by atoms with Crippen molar-refractivity contribution in [2.45, 2.75) is 56.4 Å². The molecule has 0 aromatic heterocycles. The maximum atomic E-state index is 6.57. The summed E-state index contributed by atoms with van der Waals surface area (Å²) in [5, 5.41) is 1.43. The third-order valence-corrected chi connectivity index (χ3v) is 7.07. The van der Waals surface area contributed by atoms with Crippen molar-refractivity contribution >= 4 is 50.7 Å². The van der Waals surface area contributed by atoms with E-state index in [0.717, 1.165) is 23.7 Å². The van der Waals surface area contributed by atoms with Gasteiger partial charge in [0, 0.05) is 27.8 Å². The number of hydrogen-bond acceptors (Lipinski definition) is 1. The van der Waals surface area contributed by atoms with Gasteiger partial charge in [0.1, 0.15) is 11.9 Å². The summed E-state index contributed by atoms with van der Waals surface area (Å²) in [6.07, 6.45) is 8.49. The van der Waals surface area contributed by atoms with Gasteiger partial charge in [0.15, 0.2) is 0 Å². The highest BCUT2D eigenvalue weighted by Gasteiger charge is 2.55. The van der Waals surface area contributed by atoms with Crippen LogP contribution in [0.25, 0.3) is 0 Å². The third kappa shape index (κ3) is 3.06. The maximum absolute atomic E-state index is 6.57. The first kappa shape index (κ1) is 16.2. The second-order valence-corrected chi connectivity index (χ2v) is 8.35. The summed E-state index contributed by atoms with van der Waals surface area (Å²) in [6, 6.07) is 3.58. The molecule has 2 unspecified atom stereocenters. The van der Waals surface area contributed by atoms with Crippen LogP contribution < -0.4 is 4.74 Å². The minimum atomic E-state index is 0.126. The molecule has 0 bridgehead atoms. The zero-order chi connectivity index (χ0) is 15.0. The van der Waals surface area contributed by atoms with Crippen molar-refractivity contribution < 1.29 is 4.74 Å². The van der Waals surface area contributed by atoms with Crippen LogP contribution in [0.3, 0.4) is 0 Å². The molecule has 0 aliphatic heterocycles. The minimum Gasteiger partial charge on any atom is -0.488 e. The lowest BCUT2D eigenvalue weighted by molar-refractivity contribution is -0.0512. The highest BCUT2D eigenvalue weighted by atomic mass is 79.9. The molecule has 2 aliphatic carbocycles. The van der Waals surface area contributed by atoms with Gasteiger partial charge in [-0.15, -0.1) is 11.6 Å². The van der Waals surface area contributed by atoms with Crippen LogP contribution in [0, 0.1) is 5.41 Å². The molecule has 1 aromatic carbocycles. The van der Waals surface area contributed by atoms with Crippen LogP contribution in [0.15, 0.2) is 16.6 Å². The van der Waals surface area contributed by atoms with Crippen LogP contribution in [0.2, 0.25) is 10.0 Å². The number of hydrogen-bond donors (Lipinski definition) is 0. The Kier molecular flexibility index (Phi) is 5.00. The van der Waals surface area contributed by atoms with E-state index in [0.29, 0.717) is 15.8 Å². The van der Waals surface area contributed by atoms with E-state index in [9.17, 15) is 0 Å². The first-order chi connectivity index (χ1) is 10.0. The van der Waals surface area contributed by atoms with Crippen molar-refractivity contribution in [2.75, 3.05) is 0 Å². The average Bonchev–Trinajstić information content (AvgIpc) is 2.72. The van der Waals surface area contributed by atoms with Crippen molar-refractivity contribution in [1.29, 1.82) is 0 Å². The molecule has 0 saturated heterocycles. The number of rotatable bonds is 2. The monoisotopic (exact) mass is 410 g/mol. The Balaban J connectivity index is 1.80. The van der Waals surface area contributed by atoms with E-state index in [1.807, 2.05) is 0 Å². The van der Waals surface area contributed by atoms with Crippen LogP contribution in [-0.4, -0.2) is 11.5 Å². The summed E-state index contributed by atoms with van der Waals surface area (Å²) >= 11 is 22.4. The normalized spacial score (nSPS) is 28.0. The molecule has 116 valence electrons. The standard InChI is InChI=1S/C16H18BrCl3O/c17-10-7-12(19)13(8-11(10)18)21-15-9-14(20)16(15)5-3-1-2-4-6-16/h7-8,14-15H,1-6,9H2. The van der Waals surface area contributed by atoms with Gasteiger partial charge < -0.3 is 4.74 Å². The number of ether oxygens (including phenoxy) is 1. The van der Waals surface area contributed by atoms with E-state index in [4.69, 9.17) is 39.5 Å². The third-order valence-electron chi connectivity index (χ3n) is 4.96. The Hall–Kier alpha value is 0.370. The molecule has 2 atom stereocenters. The van der Waals surface area contributed by atoms with E-state index >= 15 is 0 Å². The molecule has 2 fully saturated rings. The highest BCUT2D eigenvalue weighted by Crippen LogP contribution is 2.55. The largest absolute Gasteiger partial charge is 0.488 e. The van der Waals surface area contributed by atoms with Crippen molar-refractivity contribution in [3.63, 3.8) is 0 Å². The van der Waals surface area contributed by atoms with Crippen LogP contribution in [-0.2, 0) is 0 Å². The lowest BCUT2D eigenvalue weighted by Crippen LogP contribution is -2.57. The smallest absolute Gasteiger partial charge is 0.139 e. The van der Waals surface area contributed by atoms with Gasteiger partial charge in [0.2, 0.25) is 0 Å². The number of alkyl halides is 1. The summed E-state index contributed by atoms with van der Waals surface area (Å²) in [5.41, 5.74) is 0.126. The second kappa shape index (κ2) is 6.47. The molecule has 0 amide bonds. The van der Waals surface area contributed by atoms with E-state index in [2.05, 4.69) is 15.9 Å². The molecule has 5 heteroatoms. The molecular formula is C16H18BrCl3O. The first-order valence-corrected chi connectivity index (χ1v) is 9.47. The first-order valence-electron chi connectivity index (χ1n) is 7.48. The van der Waals surface area contributed by atoms with Gasteiger partial charge in [-0.3, -0.25) is 0 Å². The Bertz CT molecular complexity index is 526. The van der Waals surface area contributed by atoms with Crippen LogP contribution >= 0.6 is 50.7 Å². The zero-order valence-electron chi connectivity index (χ0n) is 11.7. The molecule has 1 nitrogen and oxygen atoms in total. The van der Waals surface area contributed by atoms with Gasteiger partial charge in [-0.2, -0.15) is 0 Å². The Morgan fingerprint density at radius 2 is 1.71 bits per heavy atom. The average molecular weight is 413 g/mol. The summed E-state index contributed by atoms with van der Waals surface area (Å²) in [5.74, 6) is 0.669. The second-order valence-electron chi connectivity index (χ2n) is 6.15. The quantitative estimate of drug-likeness (QED) is 0.381. The zero-order valence-corrected chi connectivity index (χ0v) is 15.5. The van der Waals surface area contributed by atoms with Gasteiger partial charge in [0.25, 0.3) is 0 Å². The molecule has 3 rings (SSSR count). The molecule has 2 saturated carbocycles. The highest BCUT2D eigenvalue weighted by molar-refractivity contribution is 9.10. The summed E-state index contributed by atoms with van der Waals surface area (Å²) in [6.45, 7) is 0. The van der Waals surface area contributed by atoms with E-state index in [1.165, 1.54) is 25.7 Å². The molecule has 0 heterocycles. The molecule has 0 N–H and O–H groups in total. The SMILES string of the molecule is Clc1cc(OC2CC(Cl)C23CCCCCC3)c(Cl)cc1Br. The molecule has 21 heavy (non-hydrogen) atoms. The van der Waals surface area contributed by atoms with Gasteiger partial charge in [-0.25, -0.2) is 0 Å². The Labute approximate surface area is 149 Å². The molecule has 0 radical (unpaired) electrons. The van der Waals surface area contributed by atoms with Gasteiger partial charge in [-0.05, 0) is 34.8 Å². The predicted molar refractivity (Wildman–Crippen MR) is 93.0 cm³/mol. The van der Waals surface area contributed by atoms with Crippen molar-refractivity contribution in [3.05, 3.63) is 26.7 Å². The lowest BCUT2D eigenvalue weighted by atomic mass is 9.61. The van der Waals surface area contributed by atoms with Crippen LogP contribution in [0.1, 0.15) is 44.9 Å². The van der Waals surface area contributed by atoms with Crippen molar-refractivity contribution in [1.82, 2.24) is 0 Å². The number of halogens is 4. The molecule has 1 aromatic rings. The number of benzene rings is 1. The fourth-order valence-electron chi connectivity index (χ4n) is 3.63. The predicted octanol–water partition coefficient (Wildman–Crippen LogP) is 6.86. The molecule has 2 aliphatic rings.